The first-order chi connectivity index (χ1) is 10.0. The lowest BCUT2D eigenvalue weighted by Crippen LogP contribution is -2.45. The highest BCUT2D eigenvalue weighted by Crippen LogP contribution is 2.44. The first-order valence-electron chi connectivity index (χ1n) is 8.04. The summed E-state index contributed by atoms with van der Waals surface area (Å²) in [6.45, 7) is 15.8. The molecule has 0 aromatic rings. The van der Waals surface area contributed by atoms with E-state index in [1.54, 1.807) is 0 Å². The lowest BCUT2D eigenvalue weighted by molar-refractivity contribution is -0.152. The van der Waals surface area contributed by atoms with E-state index >= 15 is 0 Å². The third kappa shape index (κ3) is 5.52. The highest BCUT2D eigenvalue weighted by molar-refractivity contribution is 6.74. The molecule has 2 atom stereocenters. The van der Waals surface area contributed by atoms with Gasteiger partial charge in [0, 0.05) is 12.5 Å². The van der Waals surface area contributed by atoms with Crippen LogP contribution < -0.4 is 0 Å². The van der Waals surface area contributed by atoms with Gasteiger partial charge in [-0.3, -0.25) is 0 Å². The predicted molar refractivity (Wildman–Crippen MR) is 93.3 cm³/mol. The first-order valence-corrected chi connectivity index (χ1v) is 10.9. The van der Waals surface area contributed by atoms with Gasteiger partial charge in [-0.05, 0) is 37.4 Å². The van der Waals surface area contributed by atoms with Crippen molar-refractivity contribution in [1.82, 2.24) is 0 Å². The molecule has 0 fully saturated rings. The van der Waals surface area contributed by atoms with Gasteiger partial charge in [0.25, 0.3) is 0 Å². The molecule has 0 aliphatic rings. The van der Waals surface area contributed by atoms with Crippen molar-refractivity contribution in [3.05, 3.63) is 12.2 Å². The molecule has 5 heteroatoms. The van der Waals surface area contributed by atoms with Crippen LogP contribution in [0.25, 0.3) is 0 Å². The summed E-state index contributed by atoms with van der Waals surface area (Å²) in [6.07, 6.45) is 3.16. The number of esters is 1. The average molecular weight is 331 g/mol. The van der Waals surface area contributed by atoms with Gasteiger partial charge in [0.1, 0.15) is 0 Å². The number of carbonyl (C=O) groups excluding carboxylic acids is 1. The fourth-order valence-corrected chi connectivity index (χ4v) is 4.62. The van der Waals surface area contributed by atoms with E-state index in [0.717, 1.165) is 0 Å². The fraction of sp³-hybridized carbons (Fsp3) is 0.824. The third-order valence-electron chi connectivity index (χ3n) is 5.20. The first kappa shape index (κ1) is 21.3. The molecule has 130 valence electrons. The van der Waals surface area contributed by atoms with Gasteiger partial charge in [0.15, 0.2) is 14.4 Å². The van der Waals surface area contributed by atoms with Crippen molar-refractivity contribution < 1.29 is 19.1 Å². The molecular weight excluding hydrogens is 296 g/mol. The summed E-state index contributed by atoms with van der Waals surface area (Å²) >= 11 is 0. The van der Waals surface area contributed by atoms with E-state index in [2.05, 4.69) is 45.5 Å². The van der Waals surface area contributed by atoms with Crippen molar-refractivity contribution in [2.45, 2.75) is 65.3 Å². The topological polar surface area (TPSA) is 55.8 Å². The Bertz CT molecular complexity index is 375. The van der Waals surface area contributed by atoms with Gasteiger partial charge in [-0.2, -0.15) is 0 Å². The van der Waals surface area contributed by atoms with Crippen molar-refractivity contribution in [1.29, 1.82) is 0 Å². The minimum Gasteiger partial charge on any atom is -0.467 e. The number of methoxy groups -OCH3 is 1. The Morgan fingerprint density at radius 1 is 1.32 bits per heavy atom. The van der Waals surface area contributed by atoms with E-state index in [4.69, 9.17) is 4.43 Å². The smallest absolute Gasteiger partial charge is 0.335 e. The SMILES string of the molecule is C/C=C/[C@@H](CCO[Si](C)(C)C(C)(C)C(C)C)[C@@H](O)C(=O)OC. The minimum absolute atomic E-state index is 0.157. The van der Waals surface area contributed by atoms with Crippen LogP contribution in [-0.4, -0.2) is 39.2 Å². The molecule has 0 spiro atoms. The molecular formula is C17H34O4Si. The van der Waals surface area contributed by atoms with Crippen LogP contribution in [-0.2, 0) is 14.0 Å². The zero-order valence-corrected chi connectivity index (χ0v) is 16.5. The third-order valence-corrected chi connectivity index (χ3v) is 9.80. The van der Waals surface area contributed by atoms with Crippen LogP contribution in [0.3, 0.4) is 0 Å². The molecule has 0 saturated carbocycles. The van der Waals surface area contributed by atoms with E-state index in [1.807, 2.05) is 19.1 Å². The Morgan fingerprint density at radius 2 is 1.86 bits per heavy atom. The van der Waals surface area contributed by atoms with Crippen LogP contribution in [0.5, 0.6) is 0 Å². The lowest BCUT2D eigenvalue weighted by Gasteiger charge is -2.42. The Hall–Kier alpha value is -0.653. The molecule has 0 aliphatic carbocycles. The van der Waals surface area contributed by atoms with Gasteiger partial charge in [-0.15, -0.1) is 0 Å². The molecule has 22 heavy (non-hydrogen) atoms. The molecule has 0 amide bonds. The molecule has 0 aromatic carbocycles. The largest absolute Gasteiger partial charge is 0.467 e. The molecule has 0 aliphatic heterocycles. The molecule has 4 nitrogen and oxygen atoms in total. The summed E-state index contributed by atoms with van der Waals surface area (Å²) in [7, 11) is -0.588. The van der Waals surface area contributed by atoms with Gasteiger partial charge in [0.2, 0.25) is 0 Å². The number of ether oxygens (including phenoxy) is 1. The second-order valence-corrected chi connectivity index (χ2v) is 11.8. The maximum Gasteiger partial charge on any atom is 0.335 e. The van der Waals surface area contributed by atoms with Gasteiger partial charge in [0.05, 0.1) is 7.11 Å². The van der Waals surface area contributed by atoms with E-state index in [0.29, 0.717) is 18.9 Å². The number of aliphatic hydroxyl groups excluding tert-OH is 1. The second-order valence-electron chi connectivity index (χ2n) is 7.18. The van der Waals surface area contributed by atoms with Gasteiger partial charge >= 0.3 is 5.97 Å². The van der Waals surface area contributed by atoms with Gasteiger partial charge in [-0.25, -0.2) is 4.79 Å². The number of carbonyl (C=O) groups is 1. The van der Waals surface area contributed by atoms with Crippen molar-refractivity contribution >= 4 is 14.3 Å². The standard InChI is InChI=1S/C17H34O4Si/c1-9-10-14(15(18)16(19)20-6)11-12-21-22(7,8)17(4,5)13(2)3/h9-10,13-15,18H,11-12H2,1-8H3/b10-9+/t14-,15+/m0/s1. The van der Waals surface area contributed by atoms with E-state index < -0.39 is 20.4 Å². The predicted octanol–water partition coefficient (Wildman–Crippen LogP) is 3.76. The molecule has 0 aromatic heterocycles. The Morgan fingerprint density at radius 3 is 2.27 bits per heavy atom. The average Bonchev–Trinajstić information content (AvgIpc) is 2.44. The quantitative estimate of drug-likeness (QED) is 0.397. The van der Waals surface area contributed by atoms with Gasteiger partial charge in [-0.1, -0.05) is 39.8 Å². The fourth-order valence-electron chi connectivity index (χ4n) is 2.23. The summed E-state index contributed by atoms with van der Waals surface area (Å²) in [4.78, 5) is 11.5. The Kier molecular flexibility index (Phi) is 8.58. The summed E-state index contributed by atoms with van der Waals surface area (Å²) in [5.74, 6) is -0.326. The minimum atomic E-state index is -1.88. The zero-order valence-electron chi connectivity index (χ0n) is 15.5. The summed E-state index contributed by atoms with van der Waals surface area (Å²) in [5.41, 5.74) is 0. The number of rotatable bonds is 9. The van der Waals surface area contributed by atoms with Crippen LogP contribution in [0.15, 0.2) is 12.2 Å². The van der Waals surface area contributed by atoms with Crippen LogP contribution in [0.2, 0.25) is 18.1 Å². The highest BCUT2D eigenvalue weighted by atomic mass is 28.4. The lowest BCUT2D eigenvalue weighted by atomic mass is 9.98. The summed E-state index contributed by atoms with van der Waals surface area (Å²) < 4.78 is 10.9. The molecule has 0 heterocycles. The molecule has 0 saturated heterocycles. The van der Waals surface area contributed by atoms with Crippen LogP contribution in [0.1, 0.15) is 41.0 Å². The molecule has 0 unspecified atom stereocenters. The highest BCUT2D eigenvalue weighted by Gasteiger charge is 2.43. The van der Waals surface area contributed by atoms with E-state index in [9.17, 15) is 9.90 Å². The Balaban J connectivity index is 4.73. The second kappa shape index (κ2) is 8.84. The summed E-state index contributed by atoms with van der Waals surface area (Å²) in [5, 5.41) is 10.2. The monoisotopic (exact) mass is 330 g/mol. The molecule has 0 radical (unpaired) electrons. The molecule has 0 rings (SSSR count). The van der Waals surface area contributed by atoms with Crippen LogP contribution in [0.4, 0.5) is 0 Å². The van der Waals surface area contributed by atoms with E-state index in [-0.39, 0.29) is 11.0 Å². The number of aliphatic hydroxyl groups is 1. The molecule has 1 N–H and O–H groups in total. The number of hydrogen-bond donors (Lipinski definition) is 1. The Labute approximate surface area is 137 Å². The maximum absolute atomic E-state index is 11.5. The summed E-state index contributed by atoms with van der Waals surface area (Å²) in [6, 6.07) is 0. The number of hydrogen-bond acceptors (Lipinski definition) is 4. The van der Waals surface area contributed by atoms with E-state index in [1.165, 1.54) is 7.11 Å². The van der Waals surface area contributed by atoms with Crippen molar-refractivity contribution in [2.24, 2.45) is 11.8 Å². The normalized spacial score (nSPS) is 16.1. The van der Waals surface area contributed by atoms with Crippen molar-refractivity contribution in [2.75, 3.05) is 13.7 Å². The number of allylic oxidation sites excluding steroid dienone is 1. The van der Waals surface area contributed by atoms with Crippen molar-refractivity contribution in [3.63, 3.8) is 0 Å². The zero-order chi connectivity index (χ0) is 17.6. The van der Waals surface area contributed by atoms with Crippen LogP contribution >= 0.6 is 0 Å². The van der Waals surface area contributed by atoms with Gasteiger partial charge < -0.3 is 14.3 Å². The maximum atomic E-state index is 11.5. The van der Waals surface area contributed by atoms with Crippen LogP contribution in [0, 0.1) is 11.8 Å². The molecule has 0 bridgehead atoms. The van der Waals surface area contributed by atoms with Crippen molar-refractivity contribution in [3.8, 4) is 0 Å².